The molecule has 41 heavy (non-hydrogen) atoms. The van der Waals surface area contributed by atoms with Crippen LogP contribution >= 0.6 is 11.3 Å². The van der Waals surface area contributed by atoms with E-state index in [-0.39, 0.29) is 29.6 Å². The van der Waals surface area contributed by atoms with Gasteiger partial charge in [-0.25, -0.2) is 9.97 Å². The summed E-state index contributed by atoms with van der Waals surface area (Å²) in [6.45, 7) is 6.93. The summed E-state index contributed by atoms with van der Waals surface area (Å²) in [6.07, 6.45) is 6.53. The number of aliphatic hydroxyl groups excluding tert-OH is 1. The molecular formula is C32H42N4O4S. The van der Waals surface area contributed by atoms with Crippen molar-refractivity contribution in [3.05, 3.63) is 64.1 Å². The van der Waals surface area contributed by atoms with Crippen molar-refractivity contribution in [3.8, 4) is 17.1 Å². The molecular weight excluding hydrogens is 536 g/mol. The zero-order chi connectivity index (χ0) is 29.0. The van der Waals surface area contributed by atoms with Crippen LogP contribution in [0.1, 0.15) is 69.2 Å². The standard InChI is InChI=1S/C32H42N4O4S/c1-31(2,3)14-22-12-24-26(15-32(9-6-10-32)40-30(24)34-16-22)33-17-28(37)25(36-29(38)18-39-4)13-21-7-5-8-23(11-21)27-19-41-20-35-27/h5,7-8,11-12,16,19-20,25-26,28,33,37H,6,9-10,13-15,17-18H2,1-4H3,(H,36,38)/t25?,26-,28+/m0/s1. The number of carbonyl (C=O) groups excluding carboxylic acids is 1. The van der Waals surface area contributed by atoms with E-state index in [9.17, 15) is 9.90 Å². The van der Waals surface area contributed by atoms with E-state index < -0.39 is 12.1 Å². The zero-order valence-electron chi connectivity index (χ0n) is 24.5. The molecule has 3 heterocycles. The summed E-state index contributed by atoms with van der Waals surface area (Å²) in [6, 6.07) is 9.82. The number of rotatable bonds is 11. The van der Waals surface area contributed by atoms with Crippen LogP contribution in [0.25, 0.3) is 11.3 Å². The second-order valence-electron chi connectivity index (χ2n) is 12.7. The van der Waals surface area contributed by atoms with Crippen molar-refractivity contribution >= 4 is 17.2 Å². The Morgan fingerprint density at radius 3 is 2.76 bits per heavy atom. The molecule has 3 N–H and O–H groups in total. The average Bonchev–Trinajstić information content (AvgIpc) is 3.45. The highest BCUT2D eigenvalue weighted by Crippen LogP contribution is 2.48. The number of aliphatic hydroxyl groups is 1. The summed E-state index contributed by atoms with van der Waals surface area (Å²) >= 11 is 1.55. The molecule has 3 aromatic rings. The van der Waals surface area contributed by atoms with E-state index in [1.807, 2.05) is 35.3 Å². The Morgan fingerprint density at radius 2 is 2.07 bits per heavy atom. The Morgan fingerprint density at radius 1 is 1.24 bits per heavy atom. The van der Waals surface area contributed by atoms with Gasteiger partial charge in [0.25, 0.3) is 0 Å². The monoisotopic (exact) mass is 578 g/mol. The number of fused-ring (bicyclic) bond motifs is 1. The molecule has 1 saturated carbocycles. The van der Waals surface area contributed by atoms with Crippen LogP contribution in [0.4, 0.5) is 0 Å². The number of nitrogens with one attached hydrogen (secondary N) is 2. The third kappa shape index (κ3) is 7.52. The van der Waals surface area contributed by atoms with E-state index in [0.717, 1.165) is 54.5 Å². The number of methoxy groups -OCH3 is 1. The van der Waals surface area contributed by atoms with Crippen LogP contribution in [0.2, 0.25) is 0 Å². The average molecular weight is 579 g/mol. The fourth-order valence-electron chi connectivity index (χ4n) is 5.88. The van der Waals surface area contributed by atoms with Crippen LogP contribution in [0.3, 0.4) is 0 Å². The minimum atomic E-state index is -0.826. The number of carbonyl (C=O) groups is 1. The highest BCUT2D eigenvalue weighted by molar-refractivity contribution is 7.07. The second kappa shape index (κ2) is 12.6. The van der Waals surface area contributed by atoms with Gasteiger partial charge in [-0.05, 0) is 60.8 Å². The first-order valence-corrected chi connectivity index (χ1v) is 15.4. The normalized spacial score (nSPS) is 19.1. The number of nitrogens with zero attached hydrogens (tertiary/aromatic N) is 2. The maximum Gasteiger partial charge on any atom is 0.246 e. The van der Waals surface area contributed by atoms with Gasteiger partial charge in [-0.1, -0.05) is 39.0 Å². The van der Waals surface area contributed by atoms with Crippen molar-refractivity contribution in [2.75, 3.05) is 20.3 Å². The van der Waals surface area contributed by atoms with Crippen molar-refractivity contribution in [1.82, 2.24) is 20.6 Å². The van der Waals surface area contributed by atoms with Gasteiger partial charge in [0.2, 0.25) is 11.8 Å². The molecule has 8 nitrogen and oxygen atoms in total. The van der Waals surface area contributed by atoms with Crippen LogP contribution in [-0.2, 0) is 22.4 Å². The molecule has 1 aliphatic carbocycles. The van der Waals surface area contributed by atoms with Crippen LogP contribution in [-0.4, -0.2) is 59.0 Å². The van der Waals surface area contributed by atoms with Crippen molar-refractivity contribution in [1.29, 1.82) is 0 Å². The SMILES string of the molecule is COCC(=O)NC(Cc1cccc(-c2cscn2)c1)[C@H](O)CN[C@H]1CC2(CCC2)Oc2ncc(CC(C)(C)C)cc21. The number of amides is 1. The number of hydrogen-bond acceptors (Lipinski definition) is 8. The van der Waals surface area contributed by atoms with Crippen LogP contribution in [0.5, 0.6) is 5.88 Å². The van der Waals surface area contributed by atoms with E-state index in [4.69, 9.17) is 14.5 Å². The Kier molecular flexibility index (Phi) is 9.09. The first-order valence-electron chi connectivity index (χ1n) is 14.5. The van der Waals surface area contributed by atoms with Gasteiger partial charge in [0.15, 0.2) is 0 Å². The predicted octanol–water partition coefficient (Wildman–Crippen LogP) is 4.86. The van der Waals surface area contributed by atoms with Gasteiger partial charge in [-0.2, -0.15) is 0 Å². The Hall–Kier alpha value is -2.85. The molecule has 1 spiro atoms. The molecule has 0 bridgehead atoms. The number of thiazole rings is 1. The summed E-state index contributed by atoms with van der Waals surface area (Å²) < 4.78 is 11.5. The fourth-order valence-corrected chi connectivity index (χ4v) is 6.44. The molecule has 220 valence electrons. The molecule has 0 saturated heterocycles. The van der Waals surface area contributed by atoms with E-state index in [1.54, 1.807) is 11.3 Å². The number of aromatic nitrogens is 2. The second-order valence-corrected chi connectivity index (χ2v) is 13.5. The minimum Gasteiger partial charge on any atom is -0.471 e. The molecule has 2 aromatic heterocycles. The molecule has 1 aromatic carbocycles. The van der Waals surface area contributed by atoms with E-state index in [2.05, 4.69) is 48.5 Å². The van der Waals surface area contributed by atoms with Gasteiger partial charge in [-0.3, -0.25) is 4.79 Å². The molecule has 1 unspecified atom stereocenters. The first-order chi connectivity index (χ1) is 19.6. The maximum atomic E-state index is 12.6. The maximum absolute atomic E-state index is 12.6. The Balaban J connectivity index is 1.33. The summed E-state index contributed by atoms with van der Waals surface area (Å²) in [5.41, 5.74) is 6.95. The lowest BCUT2D eigenvalue weighted by molar-refractivity contribution is -0.126. The Labute approximate surface area is 246 Å². The van der Waals surface area contributed by atoms with Gasteiger partial charge in [-0.15, -0.1) is 11.3 Å². The van der Waals surface area contributed by atoms with Crippen molar-refractivity contribution in [2.45, 2.75) is 83.1 Å². The molecule has 1 fully saturated rings. The first kappa shape index (κ1) is 29.6. The van der Waals surface area contributed by atoms with Gasteiger partial charge in [0.1, 0.15) is 12.2 Å². The third-order valence-electron chi connectivity index (χ3n) is 7.97. The lowest BCUT2D eigenvalue weighted by atomic mass is 9.73. The predicted molar refractivity (Wildman–Crippen MR) is 161 cm³/mol. The summed E-state index contributed by atoms with van der Waals surface area (Å²) in [4.78, 5) is 21.7. The van der Waals surface area contributed by atoms with Gasteiger partial charge >= 0.3 is 0 Å². The van der Waals surface area contributed by atoms with Crippen molar-refractivity contribution < 1.29 is 19.4 Å². The molecule has 9 heteroatoms. The van der Waals surface area contributed by atoms with Crippen LogP contribution < -0.4 is 15.4 Å². The fraction of sp³-hybridized carbons (Fsp3) is 0.531. The highest BCUT2D eigenvalue weighted by atomic mass is 32.1. The largest absolute Gasteiger partial charge is 0.471 e. The molecule has 2 aliphatic rings. The van der Waals surface area contributed by atoms with E-state index in [1.165, 1.54) is 12.7 Å². The lowest BCUT2D eigenvalue weighted by Gasteiger charge is -2.47. The van der Waals surface area contributed by atoms with Crippen molar-refractivity contribution in [2.24, 2.45) is 5.41 Å². The van der Waals surface area contributed by atoms with Gasteiger partial charge < -0.3 is 25.2 Å². The highest BCUT2D eigenvalue weighted by Gasteiger charge is 2.46. The number of hydrogen-bond donors (Lipinski definition) is 3. The summed E-state index contributed by atoms with van der Waals surface area (Å²) in [5, 5.41) is 20.1. The zero-order valence-corrected chi connectivity index (χ0v) is 25.3. The molecule has 3 atom stereocenters. The van der Waals surface area contributed by atoms with Crippen molar-refractivity contribution in [3.63, 3.8) is 0 Å². The number of ether oxygens (including phenoxy) is 2. The topological polar surface area (TPSA) is 106 Å². The number of benzene rings is 1. The molecule has 1 amide bonds. The minimum absolute atomic E-state index is 0.00411. The smallest absolute Gasteiger partial charge is 0.246 e. The van der Waals surface area contributed by atoms with E-state index in [0.29, 0.717) is 18.8 Å². The Bertz CT molecular complexity index is 1320. The van der Waals surface area contributed by atoms with Gasteiger partial charge in [0, 0.05) is 48.8 Å². The molecule has 1 aliphatic heterocycles. The summed E-state index contributed by atoms with van der Waals surface area (Å²) in [7, 11) is 1.49. The molecule has 5 rings (SSSR count). The van der Waals surface area contributed by atoms with Crippen LogP contribution in [0, 0.1) is 5.41 Å². The molecule has 0 radical (unpaired) electrons. The van der Waals surface area contributed by atoms with Gasteiger partial charge in [0.05, 0.1) is 23.4 Å². The lowest BCUT2D eigenvalue weighted by Crippen LogP contribution is -2.52. The summed E-state index contributed by atoms with van der Waals surface area (Å²) in [5.74, 6) is 0.442. The van der Waals surface area contributed by atoms with Crippen LogP contribution in [0.15, 0.2) is 47.4 Å². The quantitative estimate of drug-likeness (QED) is 0.298. The van der Waals surface area contributed by atoms with E-state index >= 15 is 0 Å². The third-order valence-corrected chi connectivity index (χ3v) is 8.56. The number of pyridine rings is 1.